The number of rotatable bonds is 4. The molecule has 1 aliphatic rings. The largest absolute Gasteiger partial charge is 0.422 e. The smallest absolute Gasteiger partial charge is 0.344 e. The van der Waals surface area contributed by atoms with Crippen molar-refractivity contribution in [3.05, 3.63) is 58.4 Å². The lowest BCUT2D eigenvalue weighted by atomic mass is 9.99. The zero-order valence-corrected chi connectivity index (χ0v) is 14.8. The fourth-order valence-electron chi connectivity index (χ4n) is 3.87. The fraction of sp³-hybridized carbons (Fsp3) is 0.409. The molecule has 0 spiro atoms. The summed E-state index contributed by atoms with van der Waals surface area (Å²) in [6.45, 7) is 5.98. The van der Waals surface area contributed by atoms with Crippen molar-refractivity contribution >= 4 is 21.7 Å². The van der Waals surface area contributed by atoms with Crippen molar-refractivity contribution in [2.75, 3.05) is 19.6 Å². The molecule has 0 saturated carbocycles. The van der Waals surface area contributed by atoms with Crippen LogP contribution in [0, 0.1) is 5.92 Å². The molecule has 1 fully saturated rings. The molecule has 2 aromatic carbocycles. The molecule has 0 radical (unpaired) electrons. The molecule has 0 bridgehead atoms. The summed E-state index contributed by atoms with van der Waals surface area (Å²) in [5.41, 5.74) is 1.70. The van der Waals surface area contributed by atoms with E-state index in [1.807, 2.05) is 30.3 Å². The average molecular weight is 335 g/mol. The van der Waals surface area contributed by atoms with Crippen LogP contribution < -0.4 is 5.63 Å². The van der Waals surface area contributed by atoms with Crippen LogP contribution in [0.4, 0.5) is 0 Å². The number of nitrogens with zero attached hydrogens (tertiary/aromatic N) is 1. The van der Waals surface area contributed by atoms with Crippen LogP contribution >= 0.6 is 0 Å². The molecule has 4 rings (SSSR count). The lowest BCUT2D eigenvalue weighted by Gasteiger charge is -2.30. The minimum Gasteiger partial charge on any atom is -0.422 e. The maximum absolute atomic E-state index is 12.2. The maximum atomic E-state index is 12.2. The summed E-state index contributed by atoms with van der Waals surface area (Å²) in [5.74, 6) is 0.884. The van der Waals surface area contributed by atoms with E-state index in [-0.39, 0.29) is 5.63 Å². The van der Waals surface area contributed by atoms with E-state index in [4.69, 9.17) is 4.42 Å². The van der Waals surface area contributed by atoms with Gasteiger partial charge in [-0.15, -0.1) is 0 Å². The number of hydrogen-bond acceptors (Lipinski definition) is 3. The van der Waals surface area contributed by atoms with Gasteiger partial charge in [0, 0.05) is 5.39 Å². The summed E-state index contributed by atoms with van der Waals surface area (Å²) in [6.07, 6.45) is 4.83. The van der Waals surface area contributed by atoms with Crippen LogP contribution in [0.25, 0.3) is 21.7 Å². The second-order valence-electron chi connectivity index (χ2n) is 7.39. The summed E-state index contributed by atoms with van der Waals surface area (Å²) < 4.78 is 5.56. The van der Waals surface area contributed by atoms with Gasteiger partial charge in [-0.25, -0.2) is 4.79 Å². The highest BCUT2D eigenvalue weighted by Gasteiger charge is 2.15. The van der Waals surface area contributed by atoms with Gasteiger partial charge in [0.2, 0.25) is 0 Å². The zero-order valence-electron chi connectivity index (χ0n) is 14.8. The Bertz CT molecular complexity index is 936. The fourth-order valence-corrected chi connectivity index (χ4v) is 3.87. The molecule has 1 aliphatic heterocycles. The van der Waals surface area contributed by atoms with Crippen LogP contribution in [0.3, 0.4) is 0 Å². The van der Waals surface area contributed by atoms with Crippen molar-refractivity contribution in [1.29, 1.82) is 0 Å². The van der Waals surface area contributed by atoms with Gasteiger partial charge in [0.15, 0.2) is 0 Å². The topological polar surface area (TPSA) is 33.5 Å². The van der Waals surface area contributed by atoms with Gasteiger partial charge in [0.25, 0.3) is 0 Å². The van der Waals surface area contributed by atoms with Crippen LogP contribution in [-0.4, -0.2) is 24.5 Å². The molecule has 2 heterocycles. The highest BCUT2D eigenvalue weighted by molar-refractivity contribution is 6.04. The minimum absolute atomic E-state index is 0.248. The van der Waals surface area contributed by atoms with Crippen molar-refractivity contribution < 1.29 is 4.42 Å². The molecule has 0 unspecified atom stereocenters. The predicted molar refractivity (Wildman–Crippen MR) is 103 cm³/mol. The van der Waals surface area contributed by atoms with Crippen LogP contribution in [0.15, 0.2) is 51.7 Å². The molecular weight excluding hydrogens is 310 g/mol. The lowest BCUT2D eigenvalue weighted by Crippen LogP contribution is -2.33. The highest BCUT2D eigenvalue weighted by atomic mass is 16.4. The first-order valence-corrected chi connectivity index (χ1v) is 9.37. The molecule has 25 heavy (non-hydrogen) atoms. The second-order valence-corrected chi connectivity index (χ2v) is 7.39. The van der Waals surface area contributed by atoms with Gasteiger partial charge in [-0.3, -0.25) is 0 Å². The molecule has 0 N–H and O–H groups in total. The van der Waals surface area contributed by atoms with Crippen LogP contribution in [-0.2, 0) is 6.42 Å². The Morgan fingerprint density at radius 2 is 1.80 bits per heavy atom. The zero-order chi connectivity index (χ0) is 17.2. The molecule has 1 saturated heterocycles. The third kappa shape index (κ3) is 3.47. The van der Waals surface area contributed by atoms with Gasteiger partial charge in [0.1, 0.15) is 5.58 Å². The molecule has 3 aromatic rings. The maximum Gasteiger partial charge on any atom is 0.344 e. The van der Waals surface area contributed by atoms with E-state index >= 15 is 0 Å². The molecule has 3 heteroatoms. The van der Waals surface area contributed by atoms with E-state index in [0.717, 1.165) is 36.1 Å². The Balaban J connectivity index is 1.50. The average Bonchev–Trinajstić information content (AvgIpc) is 2.63. The highest BCUT2D eigenvalue weighted by Crippen LogP contribution is 2.24. The SMILES string of the molecule is CC1CCN(CCCc2ccc3c(c2)oc(=O)c2ccccc23)CC1. The van der Waals surface area contributed by atoms with Gasteiger partial charge in [-0.05, 0) is 74.3 Å². The normalized spacial score (nSPS) is 16.7. The molecule has 130 valence electrons. The molecule has 0 atom stereocenters. The number of piperidine rings is 1. The summed E-state index contributed by atoms with van der Waals surface area (Å²) in [4.78, 5) is 14.8. The summed E-state index contributed by atoms with van der Waals surface area (Å²) >= 11 is 0. The number of fused-ring (bicyclic) bond motifs is 3. The van der Waals surface area contributed by atoms with Crippen molar-refractivity contribution in [1.82, 2.24) is 4.90 Å². The van der Waals surface area contributed by atoms with E-state index < -0.39 is 0 Å². The summed E-state index contributed by atoms with van der Waals surface area (Å²) in [6, 6.07) is 14.0. The standard InChI is InChI=1S/C22H25NO2/c1-16-10-13-23(14-11-16)12-4-5-17-8-9-19-18-6-2-3-7-20(18)22(24)25-21(19)15-17/h2-3,6-9,15-16H,4-5,10-14H2,1H3. The Kier molecular flexibility index (Phi) is 4.58. The van der Waals surface area contributed by atoms with E-state index in [1.165, 1.54) is 31.5 Å². The van der Waals surface area contributed by atoms with Crippen LogP contribution in [0.5, 0.6) is 0 Å². The quantitative estimate of drug-likeness (QED) is 0.516. The molecule has 0 aliphatic carbocycles. The van der Waals surface area contributed by atoms with E-state index in [2.05, 4.69) is 24.0 Å². The molecular formula is C22H25NO2. The number of aryl methyl sites for hydroxylation is 1. The first-order valence-electron chi connectivity index (χ1n) is 9.37. The second kappa shape index (κ2) is 7.01. The van der Waals surface area contributed by atoms with Crippen molar-refractivity contribution in [2.45, 2.75) is 32.6 Å². The Labute approximate surface area is 148 Å². The molecule has 3 nitrogen and oxygen atoms in total. The predicted octanol–water partition coefficient (Wildman–Crippen LogP) is 4.61. The Morgan fingerprint density at radius 3 is 2.60 bits per heavy atom. The summed E-state index contributed by atoms with van der Waals surface area (Å²) in [5, 5.41) is 2.65. The Hall–Kier alpha value is -2.13. The van der Waals surface area contributed by atoms with Crippen molar-refractivity contribution in [3.63, 3.8) is 0 Å². The third-order valence-electron chi connectivity index (χ3n) is 5.50. The number of hydrogen-bond donors (Lipinski definition) is 0. The first kappa shape index (κ1) is 16.3. The minimum atomic E-state index is -0.248. The monoisotopic (exact) mass is 335 g/mol. The van der Waals surface area contributed by atoms with E-state index in [9.17, 15) is 4.79 Å². The van der Waals surface area contributed by atoms with Gasteiger partial charge in [-0.1, -0.05) is 37.3 Å². The third-order valence-corrected chi connectivity index (χ3v) is 5.50. The number of likely N-dealkylation sites (tertiary alicyclic amines) is 1. The van der Waals surface area contributed by atoms with Gasteiger partial charge < -0.3 is 9.32 Å². The Morgan fingerprint density at radius 1 is 1.04 bits per heavy atom. The molecule has 0 amide bonds. The van der Waals surface area contributed by atoms with Gasteiger partial charge >= 0.3 is 5.63 Å². The van der Waals surface area contributed by atoms with Crippen molar-refractivity contribution in [2.24, 2.45) is 5.92 Å². The van der Waals surface area contributed by atoms with Crippen LogP contribution in [0.2, 0.25) is 0 Å². The van der Waals surface area contributed by atoms with E-state index in [1.54, 1.807) is 0 Å². The lowest BCUT2D eigenvalue weighted by molar-refractivity contribution is 0.191. The van der Waals surface area contributed by atoms with Crippen LogP contribution in [0.1, 0.15) is 31.7 Å². The van der Waals surface area contributed by atoms with Gasteiger partial charge in [0.05, 0.1) is 5.39 Å². The van der Waals surface area contributed by atoms with Gasteiger partial charge in [-0.2, -0.15) is 0 Å². The summed E-state index contributed by atoms with van der Waals surface area (Å²) in [7, 11) is 0. The first-order chi connectivity index (χ1) is 12.2. The van der Waals surface area contributed by atoms with E-state index in [0.29, 0.717) is 11.0 Å². The molecule has 1 aromatic heterocycles. The van der Waals surface area contributed by atoms with Crippen molar-refractivity contribution in [3.8, 4) is 0 Å². The number of benzene rings is 2.